The zero-order chi connectivity index (χ0) is 25.4. The maximum absolute atomic E-state index is 13.1. The van der Waals surface area contributed by atoms with E-state index in [1.165, 1.54) is 12.1 Å². The van der Waals surface area contributed by atoms with Crippen molar-refractivity contribution in [1.29, 1.82) is 5.26 Å². The van der Waals surface area contributed by atoms with Gasteiger partial charge in [-0.2, -0.15) is 5.26 Å². The van der Waals surface area contributed by atoms with Gasteiger partial charge in [-0.1, -0.05) is 18.2 Å². The molecule has 176 valence electrons. The van der Waals surface area contributed by atoms with Crippen LogP contribution < -0.4 is 10.7 Å². The molecule has 0 bridgehead atoms. The molecule has 0 radical (unpaired) electrons. The summed E-state index contributed by atoms with van der Waals surface area (Å²) in [5, 5.41) is 23.2. The second-order valence-electron chi connectivity index (χ2n) is 8.64. The second kappa shape index (κ2) is 9.01. The summed E-state index contributed by atoms with van der Waals surface area (Å²) < 4.78 is 6.32. The number of rotatable bonds is 5. The Hall–Kier alpha value is -4.96. The number of benzene rings is 3. The van der Waals surface area contributed by atoms with Gasteiger partial charge < -0.3 is 14.8 Å². The highest BCUT2D eigenvalue weighted by Crippen LogP contribution is 2.32. The Morgan fingerprint density at radius 2 is 1.89 bits per heavy atom. The highest BCUT2D eigenvalue weighted by molar-refractivity contribution is 5.94. The fraction of sp³-hybridized carbons (Fsp3) is 0.103. The molecular weight excluding hydrogens is 454 g/mol. The molecule has 0 aliphatic heterocycles. The molecule has 0 aliphatic carbocycles. The van der Waals surface area contributed by atoms with E-state index in [2.05, 4.69) is 10.3 Å². The second-order valence-corrected chi connectivity index (χ2v) is 8.64. The van der Waals surface area contributed by atoms with Crippen LogP contribution in [0.4, 0.5) is 5.69 Å². The number of pyridine rings is 1. The Labute approximate surface area is 206 Å². The van der Waals surface area contributed by atoms with Crippen LogP contribution in [0, 0.1) is 18.3 Å². The molecule has 7 heteroatoms. The summed E-state index contributed by atoms with van der Waals surface area (Å²) in [6.45, 7) is 3.80. The number of nitrogens with zero attached hydrogens (tertiary/aromatic N) is 2. The lowest BCUT2D eigenvalue weighted by atomic mass is 10.00. The number of aromatic carboxylic acids is 1. The van der Waals surface area contributed by atoms with Crippen molar-refractivity contribution < 1.29 is 14.3 Å². The Kier molecular flexibility index (Phi) is 5.71. The molecule has 0 amide bonds. The van der Waals surface area contributed by atoms with Crippen LogP contribution in [0.2, 0.25) is 0 Å². The Morgan fingerprint density at radius 3 is 2.67 bits per heavy atom. The van der Waals surface area contributed by atoms with Crippen LogP contribution in [0.3, 0.4) is 0 Å². The van der Waals surface area contributed by atoms with E-state index in [1.54, 1.807) is 42.5 Å². The van der Waals surface area contributed by atoms with Crippen molar-refractivity contribution in [3.63, 3.8) is 0 Å². The number of carboxylic acid groups (broad SMARTS) is 1. The SMILES string of the molecule is Cc1cc(C(C)Nc2ccccc2C(=O)O)c2oc(-c3ccc4nc(C#N)ccc4c3)cc(=O)c2c1. The third-order valence-corrected chi connectivity index (χ3v) is 6.09. The fourth-order valence-electron chi connectivity index (χ4n) is 4.35. The smallest absolute Gasteiger partial charge is 0.337 e. The number of aryl methyl sites for hydroxylation is 1. The first kappa shape index (κ1) is 22.8. The lowest BCUT2D eigenvalue weighted by Crippen LogP contribution is -2.12. The van der Waals surface area contributed by atoms with E-state index in [9.17, 15) is 14.7 Å². The molecule has 2 N–H and O–H groups in total. The molecule has 36 heavy (non-hydrogen) atoms. The van der Waals surface area contributed by atoms with E-state index >= 15 is 0 Å². The Bertz CT molecular complexity index is 1770. The number of carbonyl (C=O) groups is 1. The van der Waals surface area contributed by atoms with Crippen molar-refractivity contribution in [1.82, 2.24) is 4.98 Å². The van der Waals surface area contributed by atoms with Crippen LogP contribution in [0.25, 0.3) is 33.2 Å². The number of anilines is 1. The first-order valence-electron chi connectivity index (χ1n) is 11.3. The Morgan fingerprint density at radius 1 is 1.08 bits per heavy atom. The number of hydrogen-bond donors (Lipinski definition) is 2. The highest BCUT2D eigenvalue weighted by atomic mass is 16.4. The standard InChI is InChI=1S/C29H21N3O4/c1-16-11-22(17(2)31-25-6-4-3-5-21(25)29(34)35)28-23(12-16)26(33)14-27(36-28)19-8-10-24-18(13-19)7-9-20(15-30)32-24/h3-14,17,31H,1-2H3,(H,34,35). The predicted octanol–water partition coefficient (Wildman–Crippen LogP) is 6.06. The summed E-state index contributed by atoms with van der Waals surface area (Å²) in [6, 6.07) is 22.5. The van der Waals surface area contributed by atoms with Crippen molar-refractivity contribution in [2.45, 2.75) is 19.9 Å². The van der Waals surface area contributed by atoms with E-state index in [0.29, 0.717) is 39.2 Å². The van der Waals surface area contributed by atoms with Gasteiger partial charge in [-0.3, -0.25) is 4.79 Å². The van der Waals surface area contributed by atoms with Gasteiger partial charge >= 0.3 is 5.97 Å². The fourth-order valence-corrected chi connectivity index (χ4v) is 4.35. The monoisotopic (exact) mass is 475 g/mol. The van der Waals surface area contributed by atoms with Crippen molar-refractivity contribution in [3.8, 4) is 17.4 Å². The molecule has 1 unspecified atom stereocenters. The molecule has 5 rings (SSSR count). The van der Waals surface area contributed by atoms with Crippen LogP contribution in [-0.4, -0.2) is 16.1 Å². The van der Waals surface area contributed by atoms with Crippen molar-refractivity contribution >= 4 is 33.5 Å². The molecular formula is C29H21N3O4. The van der Waals surface area contributed by atoms with Crippen molar-refractivity contribution in [3.05, 3.63) is 105 Å². The van der Waals surface area contributed by atoms with Crippen molar-refractivity contribution in [2.75, 3.05) is 5.32 Å². The quantitative estimate of drug-likeness (QED) is 0.317. The van der Waals surface area contributed by atoms with Gasteiger partial charge in [-0.05, 0) is 67.9 Å². The minimum absolute atomic E-state index is 0.160. The van der Waals surface area contributed by atoms with Crippen molar-refractivity contribution in [2.24, 2.45) is 0 Å². The lowest BCUT2D eigenvalue weighted by Gasteiger charge is -2.19. The summed E-state index contributed by atoms with van der Waals surface area (Å²) in [6.07, 6.45) is 0. The number of carboxylic acids is 1. The molecule has 3 aromatic carbocycles. The molecule has 2 heterocycles. The molecule has 0 saturated carbocycles. The van der Waals surface area contributed by atoms with Gasteiger partial charge in [0.15, 0.2) is 5.43 Å². The molecule has 5 aromatic rings. The molecule has 0 spiro atoms. The summed E-state index contributed by atoms with van der Waals surface area (Å²) in [7, 11) is 0. The molecule has 2 aromatic heterocycles. The average Bonchev–Trinajstić information content (AvgIpc) is 2.88. The predicted molar refractivity (Wildman–Crippen MR) is 138 cm³/mol. The van der Waals surface area contributed by atoms with Gasteiger partial charge in [0.05, 0.1) is 22.5 Å². The van der Waals surface area contributed by atoms with Crippen LogP contribution in [0.15, 0.2) is 82.0 Å². The zero-order valence-electron chi connectivity index (χ0n) is 19.6. The van der Waals surface area contributed by atoms with Gasteiger partial charge in [-0.25, -0.2) is 9.78 Å². The van der Waals surface area contributed by atoms with Gasteiger partial charge in [0.1, 0.15) is 23.1 Å². The molecule has 0 fully saturated rings. The highest BCUT2D eigenvalue weighted by Gasteiger charge is 2.18. The van der Waals surface area contributed by atoms with E-state index < -0.39 is 5.97 Å². The van der Waals surface area contributed by atoms with Crippen LogP contribution in [-0.2, 0) is 0 Å². The van der Waals surface area contributed by atoms with Gasteiger partial charge in [0, 0.05) is 28.3 Å². The van der Waals surface area contributed by atoms with E-state index in [4.69, 9.17) is 9.68 Å². The number of fused-ring (bicyclic) bond motifs is 2. The van der Waals surface area contributed by atoms with Crippen LogP contribution >= 0.6 is 0 Å². The number of nitriles is 1. The normalized spacial score (nSPS) is 11.8. The lowest BCUT2D eigenvalue weighted by molar-refractivity contribution is 0.0698. The van der Waals surface area contributed by atoms with E-state index in [1.807, 2.05) is 38.1 Å². The molecule has 0 aliphatic rings. The zero-order valence-corrected chi connectivity index (χ0v) is 19.6. The van der Waals surface area contributed by atoms with Crippen LogP contribution in [0.1, 0.15) is 40.1 Å². The summed E-state index contributed by atoms with van der Waals surface area (Å²) in [4.78, 5) is 29.1. The number of para-hydroxylation sites is 1. The average molecular weight is 476 g/mol. The number of hydrogen-bond acceptors (Lipinski definition) is 6. The minimum Gasteiger partial charge on any atom is -0.478 e. The third kappa shape index (κ3) is 4.17. The maximum atomic E-state index is 13.1. The third-order valence-electron chi connectivity index (χ3n) is 6.09. The maximum Gasteiger partial charge on any atom is 0.337 e. The van der Waals surface area contributed by atoms with E-state index in [0.717, 1.165) is 16.5 Å². The Balaban J connectivity index is 1.63. The van der Waals surface area contributed by atoms with E-state index in [-0.39, 0.29) is 17.0 Å². The number of aromatic nitrogens is 1. The summed E-state index contributed by atoms with van der Waals surface area (Å²) in [5.74, 6) is -0.622. The summed E-state index contributed by atoms with van der Waals surface area (Å²) in [5.41, 5.74) is 4.24. The molecule has 1 atom stereocenters. The van der Waals surface area contributed by atoms with Gasteiger partial charge in [-0.15, -0.1) is 0 Å². The number of nitrogens with one attached hydrogen (secondary N) is 1. The minimum atomic E-state index is -1.03. The largest absolute Gasteiger partial charge is 0.478 e. The van der Waals surface area contributed by atoms with Gasteiger partial charge in [0.25, 0.3) is 0 Å². The first-order valence-corrected chi connectivity index (χ1v) is 11.3. The topological polar surface area (TPSA) is 116 Å². The van der Waals surface area contributed by atoms with Crippen LogP contribution in [0.5, 0.6) is 0 Å². The molecule has 7 nitrogen and oxygen atoms in total. The van der Waals surface area contributed by atoms with Gasteiger partial charge in [0.2, 0.25) is 0 Å². The first-order chi connectivity index (χ1) is 17.3. The summed E-state index contributed by atoms with van der Waals surface area (Å²) >= 11 is 0. The molecule has 0 saturated heterocycles.